The van der Waals surface area contributed by atoms with Gasteiger partial charge in [0.2, 0.25) is 5.91 Å². The summed E-state index contributed by atoms with van der Waals surface area (Å²) in [5, 5.41) is 12.6. The predicted octanol–water partition coefficient (Wildman–Crippen LogP) is 3.82. The number of likely N-dealkylation sites (N-methyl/N-ethyl adjacent to an activating group) is 1. The molecule has 0 spiro atoms. The Morgan fingerprint density at radius 3 is 2.43 bits per heavy atom. The average Bonchev–Trinajstić information content (AvgIpc) is 3.00. The lowest BCUT2D eigenvalue weighted by Crippen LogP contribution is -2.31. The van der Waals surface area contributed by atoms with Crippen molar-refractivity contribution >= 4 is 40.9 Å². The number of halogens is 1. The van der Waals surface area contributed by atoms with E-state index in [4.69, 9.17) is 11.6 Å². The van der Waals surface area contributed by atoms with Gasteiger partial charge in [0.15, 0.2) is 0 Å². The maximum Gasteiger partial charge on any atom is 0.264 e. The van der Waals surface area contributed by atoms with Gasteiger partial charge < -0.3 is 5.32 Å². The molecule has 142 valence electrons. The average molecular weight is 412 g/mol. The molecular weight excluding hydrogens is 394 g/mol. The first-order valence-electron chi connectivity index (χ1n) is 8.62. The number of nitriles is 1. The zero-order valence-corrected chi connectivity index (χ0v) is 17.0. The summed E-state index contributed by atoms with van der Waals surface area (Å²) in [5.74, 6) is -0.669. The Morgan fingerprint density at radius 2 is 1.86 bits per heavy atom. The molecule has 1 aliphatic rings. The van der Waals surface area contributed by atoms with E-state index in [0.29, 0.717) is 22.2 Å². The molecule has 0 saturated carbocycles. The Bertz CT molecular complexity index is 978. The van der Waals surface area contributed by atoms with Crippen LogP contribution in [-0.4, -0.2) is 24.1 Å². The second-order valence-electron chi connectivity index (χ2n) is 6.32. The zero-order chi connectivity index (χ0) is 20.3. The van der Waals surface area contributed by atoms with Gasteiger partial charge in [-0.05, 0) is 43.2 Å². The highest BCUT2D eigenvalue weighted by Crippen LogP contribution is 2.42. The number of hydrogen-bond acceptors (Lipinski definition) is 4. The molecule has 3 rings (SSSR count). The Kier molecular flexibility index (Phi) is 6.08. The van der Waals surface area contributed by atoms with E-state index in [9.17, 15) is 14.9 Å². The first-order valence-corrected chi connectivity index (χ1v) is 9.88. The fourth-order valence-electron chi connectivity index (χ4n) is 2.88. The van der Waals surface area contributed by atoms with E-state index in [-0.39, 0.29) is 11.5 Å². The summed E-state index contributed by atoms with van der Waals surface area (Å²) in [4.78, 5) is 26.9. The maximum absolute atomic E-state index is 13.2. The predicted molar refractivity (Wildman–Crippen MR) is 112 cm³/mol. The topological polar surface area (TPSA) is 73.2 Å². The fraction of sp³-hybridized carbons (Fsp3) is 0.190. The van der Waals surface area contributed by atoms with Crippen molar-refractivity contribution in [3.63, 3.8) is 0 Å². The van der Waals surface area contributed by atoms with Gasteiger partial charge in [0, 0.05) is 17.8 Å². The molecule has 5 nitrogen and oxygen atoms in total. The van der Waals surface area contributed by atoms with E-state index in [1.54, 1.807) is 12.1 Å². The molecule has 1 heterocycles. The summed E-state index contributed by atoms with van der Waals surface area (Å²) in [6.07, 6.45) is 0.471. The van der Waals surface area contributed by atoms with Crippen molar-refractivity contribution < 1.29 is 9.59 Å². The van der Waals surface area contributed by atoms with Gasteiger partial charge in [-0.1, -0.05) is 53.2 Å². The van der Waals surface area contributed by atoms with E-state index >= 15 is 0 Å². The summed E-state index contributed by atoms with van der Waals surface area (Å²) in [5.41, 5.74) is 2.57. The second-order valence-corrected chi connectivity index (χ2v) is 7.95. The summed E-state index contributed by atoms with van der Waals surface area (Å²) in [7, 11) is 1.46. The van der Waals surface area contributed by atoms with Crippen LogP contribution in [0.15, 0.2) is 59.1 Å². The van der Waals surface area contributed by atoms with E-state index in [1.165, 1.54) is 23.7 Å². The summed E-state index contributed by atoms with van der Waals surface area (Å²) >= 11 is 7.18. The van der Waals surface area contributed by atoms with E-state index in [1.807, 2.05) is 49.4 Å². The molecule has 1 fully saturated rings. The van der Waals surface area contributed by atoms with Crippen LogP contribution < -0.4 is 10.2 Å². The van der Waals surface area contributed by atoms with E-state index in [0.717, 1.165) is 11.1 Å². The summed E-state index contributed by atoms with van der Waals surface area (Å²) < 4.78 is 0. The smallest absolute Gasteiger partial charge is 0.264 e. The van der Waals surface area contributed by atoms with Gasteiger partial charge in [-0.3, -0.25) is 14.5 Å². The van der Waals surface area contributed by atoms with Crippen molar-refractivity contribution in [3.8, 4) is 6.07 Å². The Morgan fingerprint density at radius 1 is 1.21 bits per heavy atom. The molecule has 0 aromatic heterocycles. The van der Waals surface area contributed by atoms with Gasteiger partial charge in [-0.25, -0.2) is 0 Å². The molecule has 28 heavy (non-hydrogen) atoms. The van der Waals surface area contributed by atoms with Crippen LogP contribution in [0.3, 0.4) is 0 Å². The number of rotatable bonds is 4. The summed E-state index contributed by atoms with van der Waals surface area (Å²) in [6, 6.07) is 16.7. The molecule has 1 aliphatic heterocycles. The second kappa shape index (κ2) is 8.51. The molecule has 2 amide bonds. The largest absolute Gasteiger partial charge is 0.354 e. The number of carbonyl (C=O) groups excluding carboxylic acids is 2. The van der Waals surface area contributed by atoms with E-state index < -0.39 is 11.2 Å². The molecule has 7 heteroatoms. The number of nitrogens with zero attached hydrogens (tertiary/aromatic N) is 2. The van der Waals surface area contributed by atoms with Crippen LogP contribution in [0.25, 0.3) is 0 Å². The standard InChI is InChI=1S/C21H18ClN3O2S/c1-13-3-9-16(10-4-13)25-20(27)18(11-14-5-7-15(22)8-6-14)28-21(25)17(12-23)19(26)24-2/h3-10,18H,11H2,1-2H3,(H,24,26)/b21-17-/t18-/m1/s1. The van der Waals surface area contributed by atoms with Gasteiger partial charge in [0.05, 0.1) is 5.25 Å². The highest BCUT2D eigenvalue weighted by molar-refractivity contribution is 8.05. The van der Waals surface area contributed by atoms with Crippen LogP contribution in [0.1, 0.15) is 11.1 Å². The molecule has 2 aromatic carbocycles. The van der Waals surface area contributed by atoms with Crippen molar-refractivity contribution in [3.05, 3.63) is 75.3 Å². The third-order valence-corrected chi connectivity index (χ3v) is 5.87. The highest BCUT2D eigenvalue weighted by atomic mass is 35.5. The van der Waals surface area contributed by atoms with Crippen molar-refractivity contribution in [1.82, 2.24) is 5.32 Å². The van der Waals surface area contributed by atoms with Crippen molar-refractivity contribution in [2.75, 3.05) is 11.9 Å². The van der Waals surface area contributed by atoms with Gasteiger partial charge in [0.25, 0.3) is 5.91 Å². The van der Waals surface area contributed by atoms with Gasteiger partial charge in [-0.2, -0.15) is 5.26 Å². The number of benzene rings is 2. The number of anilines is 1. The highest BCUT2D eigenvalue weighted by Gasteiger charge is 2.40. The maximum atomic E-state index is 13.2. The minimum Gasteiger partial charge on any atom is -0.354 e. The lowest BCUT2D eigenvalue weighted by molar-refractivity contribution is -0.117. The summed E-state index contributed by atoms with van der Waals surface area (Å²) in [6.45, 7) is 1.95. The van der Waals surface area contributed by atoms with Crippen LogP contribution in [0.2, 0.25) is 5.02 Å². The lowest BCUT2D eigenvalue weighted by atomic mass is 10.1. The van der Waals surface area contributed by atoms with Crippen LogP contribution in [0, 0.1) is 18.3 Å². The number of aryl methyl sites for hydroxylation is 1. The van der Waals surface area contributed by atoms with Crippen molar-refractivity contribution in [1.29, 1.82) is 5.26 Å². The number of hydrogen-bond donors (Lipinski definition) is 1. The monoisotopic (exact) mass is 411 g/mol. The Hall–Kier alpha value is -2.75. The first-order chi connectivity index (χ1) is 13.4. The molecule has 1 N–H and O–H groups in total. The number of thioether (sulfide) groups is 1. The number of carbonyl (C=O) groups is 2. The Balaban J connectivity index is 2.03. The minimum atomic E-state index is -0.512. The fourth-order valence-corrected chi connectivity index (χ4v) is 4.31. The van der Waals surface area contributed by atoms with Crippen LogP contribution in [0.5, 0.6) is 0 Å². The SMILES string of the molecule is CNC(=O)/C(C#N)=C1\S[C@H](Cc2ccc(Cl)cc2)C(=O)N1c1ccc(C)cc1. The van der Waals surface area contributed by atoms with Crippen molar-refractivity contribution in [2.45, 2.75) is 18.6 Å². The molecule has 1 atom stereocenters. The number of amides is 2. The van der Waals surface area contributed by atoms with Crippen molar-refractivity contribution in [2.24, 2.45) is 0 Å². The van der Waals surface area contributed by atoms with Gasteiger partial charge in [0.1, 0.15) is 16.7 Å². The van der Waals surface area contributed by atoms with Crippen LogP contribution in [-0.2, 0) is 16.0 Å². The molecule has 1 saturated heterocycles. The molecular formula is C21H18ClN3O2S. The molecule has 2 aromatic rings. The third-order valence-electron chi connectivity index (χ3n) is 4.36. The molecule has 0 aliphatic carbocycles. The quantitative estimate of drug-likeness (QED) is 0.613. The van der Waals surface area contributed by atoms with Crippen LogP contribution >= 0.6 is 23.4 Å². The Labute approximate surface area is 173 Å². The first kappa shape index (κ1) is 20.0. The molecule has 0 radical (unpaired) electrons. The normalized spacial score (nSPS) is 18.0. The van der Waals surface area contributed by atoms with Crippen LogP contribution in [0.4, 0.5) is 5.69 Å². The van der Waals surface area contributed by atoms with Gasteiger partial charge >= 0.3 is 0 Å². The van der Waals surface area contributed by atoms with Gasteiger partial charge in [-0.15, -0.1) is 0 Å². The number of nitrogens with one attached hydrogen (secondary N) is 1. The zero-order valence-electron chi connectivity index (χ0n) is 15.4. The van der Waals surface area contributed by atoms with E-state index in [2.05, 4.69) is 5.32 Å². The molecule has 0 unspecified atom stereocenters. The minimum absolute atomic E-state index is 0.0694. The third kappa shape index (κ3) is 4.06. The molecule has 0 bridgehead atoms. The lowest BCUT2D eigenvalue weighted by Gasteiger charge is -2.18.